The van der Waals surface area contributed by atoms with Gasteiger partial charge in [0.1, 0.15) is 0 Å². The van der Waals surface area contributed by atoms with Crippen molar-refractivity contribution in [2.45, 2.75) is 15.9 Å². The molecular formula is C11H16BrNOS2. The van der Waals surface area contributed by atoms with Gasteiger partial charge < -0.3 is 10.4 Å². The highest BCUT2D eigenvalue weighted by Gasteiger charge is 2.12. The molecule has 0 bridgehead atoms. The molecule has 0 aliphatic heterocycles. The predicted octanol–water partition coefficient (Wildman–Crippen LogP) is 3.15. The average molecular weight is 322 g/mol. The van der Waals surface area contributed by atoms with E-state index < -0.39 is 6.10 Å². The summed E-state index contributed by atoms with van der Waals surface area (Å²) in [4.78, 5) is 2.43. The van der Waals surface area contributed by atoms with E-state index in [1.807, 2.05) is 13.1 Å². The van der Waals surface area contributed by atoms with Crippen LogP contribution in [0.5, 0.6) is 0 Å². The number of nitrogens with one attached hydrogen (secondary N) is 1. The molecular weight excluding hydrogens is 306 g/mol. The highest BCUT2D eigenvalue weighted by molar-refractivity contribution is 9.10. The van der Waals surface area contributed by atoms with E-state index in [0.717, 1.165) is 10.0 Å². The van der Waals surface area contributed by atoms with Gasteiger partial charge in [-0.15, -0.1) is 23.5 Å². The number of hydrogen-bond acceptors (Lipinski definition) is 4. The van der Waals surface area contributed by atoms with Gasteiger partial charge in [0.15, 0.2) is 0 Å². The van der Waals surface area contributed by atoms with Gasteiger partial charge in [0.2, 0.25) is 0 Å². The summed E-state index contributed by atoms with van der Waals surface area (Å²) in [5, 5.41) is 12.9. The SMILES string of the molecule is CNCC(O)c1cc(Br)c(SC)c(SC)c1. The van der Waals surface area contributed by atoms with Crippen LogP contribution >= 0.6 is 39.5 Å². The lowest BCUT2D eigenvalue weighted by atomic mass is 10.1. The topological polar surface area (TPSA) is 32.3 Å². The molecule has 0 fully saturated rings. The summed E-state index contributed by atoms with van der Waals surface area (Å²) in [6.45, 7) is 0.568. The van der Waals surface area contributed by atoms with Gasteiger partial charge in [0.05, 0.1) is 6.10 Å². The lowest BCUT2D eigenvalue weighted by Crippen LogP contribution is -2.16. The van der Waals surface area contributed by atoms with Gasteiger partial charge in [-0.05, 0) is 53.2 Å². The fourth-order valence-electron chi connectivity index (χ4n) is 1.44. The minimum Gasteiger partial charge on any atom is -0.387 e. The van der Waals surface area contributed by atoms with Crippen LogP contribution in [-0.2, 0) is 0 Å². The summed E-state index contributed by atoms with van der Waals surface area (Å²) in [6.07, 6.45) is 3.65. The Labute approximate surface area is 114 Å². The highest BCUT2D eigenvalue weighted by Crippen LogP contribution is 2.37. The number of halogens is 1. The van der Waals surface area contributed by atoms with Gasteiger partial charge in [-0.3, -0.25) is 0 Å². The second-order valence-corrected chi connectivity index (χ2v) is 5.83. The van der Waals surface area contributed by atoms with E-state index in [2.05, 4.69) is 39.8 Å². The minimum absolute atomic E-state index is 0.455. The first kappa shape index (κ1) is 14.4. The summed E-state index contributed by atoms with van der Waals surface area (Å²) in [7, 11) is 1.84. The number of rotatable bonds is 5. The summed E-state index contributed by atoms with van der Waals surface area (Å²) in [6, 6.07) is 4.05. The molecule has 1 aromatic rings. The Kier molecular flexibility index (Phi) is 6.21. The van der Waals surface area contributed by atoms with Crippen molar-refractivity contribution in [1.29, 1.82) is 0 Å². The van der Waals surface area contributed by atoms with Crippen LogP contribution in [-0.4, -0.2) is 31.2 Å². The van der Waals surface area contributed by atoms with E-state index in [0.29, 0.717) is 6.54 Å². The van der Waals surface area contributed by atoms with Crippen LogP contribution in [0, 0.1) is 0 Å². The Morgan fingerprint density at radius 1 is 1.38 bits per heavy atom. The van der Waals surface area contributed by atoms with E-state index in [9.17, 15) is 5.11 Å². The van der Waals surface area contributed by atoms with Gasteiger partial charge in [-0.25, -0.2) is 0 Å². The van der Waals surface area contributed by atoms with Crippen LogP contribution < -0.4 is 5.32 Å². The highest BCUT2D eigenvalue weighted by atomic mass is 79.9. The monoisotopic (exact) mass is 321 g/mol. The maximum atomic E-state index is 9.93. The van der Waals surface area contributed by atoms with E-state index in [4.69, 9.17) is 0 Å². The first-order valence-electron chi connectivity index (χ1n) is 4.88. The number of likely N-dealkylation sites (N-methyl/N-ethyl adjacent to an activating group) is 1. The molecule has 16 heavy (non-hydrogen) atoms. The number of hydrogen-bond donors (Lipinski definition) is 2. The van der Waals surface area contributed by atoms with Crippen molar-refractivity contribution < 1.29 is 5.11 Å². The van der Waals surface area contributed by atoms with Crippen molar-refractivity contribution >= 4 is 39.5 Å². The molecule has 90 valence electrons. The lowest BCUT2D eigenvalue weighted by molar-refractivity contribution is 0.177. The standard InChI is InChI=1S/C11H16BrNOS2/c1-13-6-9(14)7-4-8(12)11(16-3)10(5-7)15-2/h4-5,9,13-14H,6H2,1-3H3. The molecule has 1 atom stereocenters. The molecule has 0 amide bonds. The third-order valence-corrected chi connectivity index (χ3v) is 4.87. The second-order valence-electron chi connectivity index (χ2n) is 3.31. The van der Waals surface area contributed by atoms with Gasteiger partial charge in [-0.2, -0.15) is 0 Å². The maximum Gasteiger partial charge on any atom is 0.0915 e. The Hall–Kier alpha value is 0.320. The Morgan fingerprint density at radius 2 is 2.06 bits per heavy atom. The van der Waals surface area contributed by atoms with Gasteiger partial charge in [0.25, 0.3) is 0 Å². The van der Waals surface area contributed by atoms with Crippen molar-refractivity contribution in [3.63, 3.8) is 0 Å². The fraction of sp³-hybridized carbons (Fsp3) is 0.455. The van der Waals surface area contributed by atoms with Crippen LogP contribution in [0.25, 0.3) is 0 Å². The summed E-state index contributed by atoms with van der Waals surface area (Å²) >= 11 is 6.97. The van der Waals surface area contributed by atoms with Crippen molar-refractivity contribution in [3.8, 4) is 0 Å². The number of thioether (sulfide) groups is 2. The van der Waals surface area contributed by atoms with Gasteiger partial charge in [-0.1, -0.05) is 0 Å². The Bertz CT molecular complexity index is 360. The zero-order valence-corrected chi connectivity index (χ0v) is 12.8. The molecule has 0 saturated carbocycles. The normalized spacial score (nSPS) is 12.8. The zero-order chi connectivity index (χ0) is 12.1. The smallest absolute Gasteiger partial charge is 0.0915 e. The van der Waals surface area contributed by atoms with E-state index in [1.54, 1.807) is 23.5 Å². The van der Waals surface area contributed by atoms with E-state index in [-0.39, 0.29) is 0 Å². The largest absolute Gasteiger partial charge is 0.387 e. The lowest BCUT2D eigenvalue weighted by Gasteiger charge is -2.15. The molecule has 2 nitrogen and oxygen atoms in total. The minimum atomic E-state index is -0.455. The molecule has 1 aromatic carbocycles. The molecule has 0 radical (unpaired) electrons. The van der Waals surface area contributed by atoms with Crippen molar-refractivity contribution in [2.24, 2.45) is 0 Å². The molecule has 0 aromatic heterocycles. The molecule has 0 aliphatic carbocycles. The zero-order valence-electron chi connectivity index (χ0n) is 9.58. The van der Waals surface area contributed by atoms with Crippen molar-refractivity contribution in [3.05, 3.63) is 22.2 Å². The Balaban J connectivity index is 3.09. The van der Waals surface area contributed by atoms with Crippen LogP contribution in [0.15, 0.2) is 26.4 Å². The molecule has 1 unspecified atom stereocenters. The van der Waals surface area contributed by atoms with Gasteiger partial charge in [0, 0.05) is 20.8 Å². The third-order valence-electron chi connectivity index (χ3n) is 2.24. The van der Waals surface area contributed by atoms with E-state index >= 15 is 0 Å². The summed E-state index contributed by atoms with van der Waals surface area (Å²) in [5.41, 5.74) is 0.948. The first-order valence-corrected chi connectivity index (χ1v) is 8.12. The maximum absolute atomic E-state index is 9.93. The van der Waals surface area contributed by atoms with Crippen molar-refractivity contribution in [1.82, 2.24) is 5.32 Å². The van der Waals surface area contributed by atoms with Crippen LogP contribution in [0.2, 0.25) is 0 Å². The number of aliphatic hydroxyl groups is 1. The number of aliphatic hydroxyl groups excluding tert-OH is 1. The molecule has 1 rings (SSSR count). The summed E-state index contributed by atoms with van der Waals surface area (Å²) in [5.74, 6) is 0. The second kappa shape index (κ2) is 6.91. The molecule has 0 heterocycles. The number of benzene rings is 1. The molecule has 0 spiro atoms. The molecule has 5 heteroatoms. The fourth-order valence-corrected chi connectivity index (χ4v) is 4.10. The van der Waals surface area contributed by atoms with Crippen LogP contribution in [0.3, 0.4) is 0 Å². The van der Waals surface area contributed by atoms with Crippen molar-refractivity contribution in [2.75, 3.05) is 26.1 Å². The summed E-state index contributed by atoms with van der Waals surface area (Å²) < 4.78 is 1.05. The molecule has 2 N–H and O–H groups in total. The van der Waals surface area contributed by atoms with E-state index in [1.165, 1.54) is 9.79 Å². The van der Waals surface area contributed by atoms with Crippen LogP contribution in [0.1, 0.15) is 11.7 Å². The molecule has 0 saturated heterocycles. The predicted molar refractivity (Wildman–Crippen MR) is 76.6 cm³/mol. The first-order chi connectivity index (χ1) is 7.63. The van der Waals surface area contributed by atoms with Gasteiger partial charge >= 0.3 is 0 Å². The quantitative estimate of drug-likeness (QED) is 0.816. The molecule has 0 aliphatic rings. The van der Waals surface area contributed by atoms with Crippen LogP contribution in [0.4, 0.5) is 0 Å². The Morgan fingerprint density at radius 3 is 2.56 bits per heavy atom. The average Bonchev–Trinajstić information content (AvgIpc) is 2.28. The third kappa shape index (κ3) is 3.40.